The maximum absolute atomic E-state index is 13.3. The number of nitrogens with one attached hydrogen (secondary N) is 1. The summed E-state index contributed by atoms with van der Waals surface area (Å²) in [5.41, 5.74) is 7.73. The molecule has 41 heavy (non-hydrogen) atoms. The second-order valence-electron chi connectivity index (χ2n) is 12.1. The number of rotatable bonds is 18. The molecule has 4 unspecified atom stereocenters. The molecule has 9 heteroatoms. The van der Waals surface area contributed by atoms with Gasteiger partial charge in [0.25, 0.3) is 0 Å². The Morgan fingerprint density at radius 3 is 2.49 bits per heavy atom. The van der Waals surface area contributed by atoms with Crippen LogP contribution in [0.2, 0.25) is 0 Å². The van der Waals surface area contributed by atoms with Gasteiger partial charge in [-0.25, -0.2) is 0 Å². The van der Waals surface area contributed by atoms with Crippen molar-refractivity contribution < 1.29 is 33.6 Å². The number of methoxy groups -OCH3 is 3. The molecular formula is C32H56N2O7. The molecule has 1 aromatic carbocycles. The molecule has 1 aliphatic heterocycles. The number of benzene rings is 1. The largest absolute Gasteiger partial charge is 0.493 e. The summed E-state index contributed by atoms with van der Waals surface area (Å²) in [6.07, 6.45) is 3.37. The number of carbonyl (C=O) groups is 1. The van der Waals surface area contributed by atoms with Gasteiger partial charge in [-0.05, 0) is 67.6 Å². The van der Waals surface area contributed by atoms with E-state index in [1.807, 2.05) is 26.0 Å². The highest BCUT2D eigenvalue weighted by Crippen LogP contribution is 2.32. The van der Waals surface area contributed by atoms with Gasteiger partial charge < -0.3 is 39.8 Å². The van der Waals surface area contributed by atoms with Crippen molar-refractivity contribution in [3.8, 4) is 11.5 Å². The number of ether oxygens (including phenoxy) is 5. The summed E-state index contributed by atoms with van der Waals surface area (Å²) in [5.74, 6) is 1.67. The van der Waals surface area contributed by atoms with Crippen LogP contribution in [0.4, 0.5) is 0 Å². The van der Waals surface area contributed by atoms with E-state index in [-0.39, 0.29) is 35.8 Å². The summed E-state index contributed by atoms with van der Waals surface area (Å²) >= 11 is 0. The minimum Gasteiger partial charge on any atom is -0.493 e. The van der Waals surface area contributed by atoms with Crippen LogP contribution in [-0.2, 0) is 25.4 Å². The summed E-state index contributed by atoms with van der Waals surface area (Å²) in [7, 11) is 5.01. The molecule has 1 aromatic rings. The third-order valence-electron chi connectivity index (χ3n) is 8.26. The molecule has 0 bridgehead atoms. The molecule has 0 spiro atoms. The molecule has 1 heterocycles. The Bertz CT molecular complexity index is 882. The minimum atomic E-state index is -0.790. The normalized spacial score (nSPS) is 20.8. The Kier molecular flexibility index (Phi) is 16.0. The molecule has 2 rings (SSSR count). The molecule has 9 nitrogen and oxygen atoms in total. The number of hydrogen-bond donors (Lipinski definition) is 3. The van der Waals surface area contributed by atoms with Crippen LogP contribution in [0.15, 0.2) is 18.2 Å². The van der Waals surface area contributed by atoms with Gasteiger partial charge >= 0.3 is 0 Å². The van der Waals surface area contributed by atoms with Crippen LogP contribution in [0.5, 0.6) is 11.5 Å². The number of aliphatic hydroxyl groups excluding tert-OH is 1. The lowest BCUT2D eigenvalue weighted by Crippen LogP contribution is -2.46. The van der Waals surface area contributed by atoms with E-state index in [2.05, 4.69) is 25.2 Å². The molecule has 0 radical (unpaired) electrons. The van der Waals surface area contributed by atoms with Gasteiger partial charge in [0.05, 0.1) is 38.6 Å². The van der Waals surface area contributed by atoms with E-state index >= 15 is 0 Å². The highest BCUT2D eigenvalue weighted by molar-refractivity contribution is 5.79. The van der Waals surface area contributed by atoms with Gasteiger partial charge in [0.2, 0.25) is 5.91 Å². The number of nitrogens with two attached hydrogens (primary N) is 1. The van der Waals surface area contributed by atoms with Crippen molar-refractivity contribution in [3.05, 3.63) is 23.8 Å². The molecule has 0 aromatic heterocycles. The number of amides is 1. The fraction of sp³-hybridized carbons (Fsp3) is 0.781. The quantitative estimate of drug-likeness (QED) is 0.223. The highest BCUT2D eigenvalue weighted by Gasteiger charge is 2.32. The first-order valence-electron chi connectivity index (χ1n) is 15.2. The van der Waals surface area contributed by atoms with Gasteiger partial charge in [-0.15, -0.1) is 0 Å². The van der Waals surface area contributed by atoms with Gasteiger partial charge in [0, 0.05) is 45.8 Å². The summed E-state index contributed by atoms with van der Waals surface area (Å²) in [4.78, 5) is 13.3. The minimum absolute atomic E-state index is 0.0595. The number of aliphatic hydroxyl groups is 1. The van der Waals surface area contributed by atoms with Gasteiger partial charge in [0.1, 0.15) is 0 Å². The maximum Gasteiger partial charge on any atom is 0.223 e. The van der Waals surface area contributed by atoms with Crippen molar-refractivity contribution in [1.29, 1.82) is 0 Å². The van der Waals surface area contributed by atoms with Crippen molar-refractivity contribution in [2.75, 3.05) is 47.8 Å². The van der Waals surface area contributed by atoms with Crippen LogP contribution in [0, 0.1) is 23.7 Å². The smallest absolute Gasteiger partial charge is 0.223 e. The molecule has 4 N–H and O–H groups in total. The van der Waals surface area contributed by atoms with Gasteiger partial charge in [-0.3, -0.25) is 4.79 Å². The van der Waals surface area contributed by atoms with Crippen LogP contribution in [-0.4, -0.2) is 83.1 Å². The predicted octanol–water partition coefficient (Wildman–Crippen LogP) is 3.98. The zero-order valence-corrected chi connectivity index (χ0v) is 26.4. The number of carbonyl (C=O) groups excluding carboxylic acids is 1. The van der Waals surface area contributed by atoms with Crippen molar-refractivity contribution in [2.45, 2.75) is 90.5 Å². The molecule has 0 saturated carbocycles. The Hall–Kier alpha value is -1.91. The van der Waals surface area contributed by atoms with Gasteiger partial charge in [-0.1, -0.05) is 33.8 Å². The fourth-order valence-corrected chi connectivity index (χ4v) is 5.43. The molecule has 236 valence electrons. The van der Waals surface area contributed by atoms with Gasteiger partial charge in [0.15, 0.2) is 11.5 Å². The lowest BCUT2D eigenvalue weighted by molar-refractivity contribution is -0.129. The lowest BCUT2D eigenvalue weighted by atomic mass is 9.80. The average Bonchev–Trinajstić information content (AvgIpc) is 3.18. The summed E-state index contributed by atoms with van der Waals surface area (Å²) < 4.78 is 27.8. The standard InChI is InChI=1S/C32H56N2O7/c1-21(2)24(15-23-9-10-30(39-7)31(16-23)41-13-8-12-37-5)17-28(33)29(35)19-27(22(3)4)32(36)34-25-18-26(38-6)11-14-40-20-25/h9-10,16,21-22,24-29,35H,8,11-15,17-20,33H2,1-7H3,(H,34,36)/t24?,25-,26-,27?,28?,29?/m0/s1. The van der Waals surface area contributed by atoms with Crippen LogP contribution in [0.3, 0.4) is 0 Å². The van der Waals surface area contributed by atoms with Crippen molar-refractivity contribution >= 4 is 5.91 Å². The second-order valence-corrected chi connectivity index (χ2v) is 12.1. The van der Waals surface area contributed by atoms with E-state index in [1.54, 1.807) is 21.3 Å². The molecule has 6 atom stereocenters. The summed E-state index contributed by atoms with van der Waals surface area (Å²) in [5, 5.41) is 14.3. The molecule has 1 amide bonds. The van der Waals surface area contributed by atoms with E-state index in [9.17, 15) is 9.90 Å². The molecule has 1 saturated heterocycles. The van der Waals surface area contributed by atoms with Crippen LogP contribution >= 0.6 is 0 Å². The first-order valence-corrected chi connectivity index (χ1v) is 15.2. The lowest BCUT2D eigenvalue weighted by Gasteiger charge is -2.31. The number of hydrogen-bond acceptors (Lipinski definition) is 8. The first-order chi connectivity index (χ1) is 19.6. The Balaban J connectivity index is 2.01. The maximum atomic E-state index is 13.3. The molecule has 1 fully saturated rings. The summed E-state index contributed by atoms with van der Waals surface area (Å²) in [6.45, 7) is 10.7. The van der Waals surface area contributed by atoms with E-state index in [4.69, 9.17) is 29.4 Å². The molecule has 1 aliphatic rings. The van der Waals surface area contributed by atoms with E-state index < -0.39 is 12.1 Å². The zero-order valence-electron chi connectivity index (χ0n) is 26.4. The topological polar surface area (TPSA) is 122 Å². The van der Waals surface area contributed by atoms with Crippen molar-refractivity contribution in [1.82, 2.24) is 5.32 Å². The van der Waals surface area contributed by atoms with E-state index in [1.165, 1.54) is 0 Å². The van der Waals surface area contributed by atoms with E-state index in [0.29, 0.717) is 50.9 Å². The van der Waals surface area contributed by atoms with Crippen molar-refractivity contribution in [3.63, 3.8) is 0 Å². The third-order valence-corrected chi connectivity index (χ3v) is 8.26. The monoisotopic (exact) mass is 580 g/mol. The Morgan fingerprint density at radius 1 is 1.10 bits per heavy atom. The van der Waals surface area contributed by atoms with Crippen LogP contribution < -0.4 is 20.5 Å². The molecular weight excluding hydrogens is 524 g/mol. The highest BCUT2D eigenvalue weighted by atomic mass is 16.5. The van der Waals surface area contributed by atoms with Crippen molar-refractivity contribution in [2.24, 2.45) is 29.4 Å². The Labute approximate surface area is 247 Å². The SMILES string of the molecule is COCCCOc1cc(CC(CC(N)C(O)CC(C(=O)N[C@@H]2COCC[C@H](OC)C2)C(C)C)C(C)C)ccc1OC. The first kappa shape index (κ1) is 35.3. The molecule has 0 aliphatic carbocycles. The van der Waals surface area contributed by atoms with Gasteiger partial charge in [-0.2, -0.15) is 0 Å². The second kappa shape index (κ2) is 18.6. The van der Waals surface area contributed by atoms with Crippen LogP contribution in [0.25, 0.3) is 0 Å². The predicted molar refractivity (Wildman–Crippen MR) is 161 cm³/mol. The zero-order chi connectivity index (χ0) is 30.4. The average molecular weight is 581 g/mol. The Morgan fingerprint density at radius 2 is 1.85 bits per heavy atom. The third kappa shape index (κ3) is 12.1. The summed E-state index contributed by atoms with van der Waals surface area (Å²) in [6, 6.07) is 5.48. The fourth-order valence-electron chi connectivity index (χ4n) is 5.43. The van der Waals surface area contributed by atoms with Crippen LogP contribution in [0.1, 0.15) is 65.4 Å². The van der Waals surface area contributed by atoms with E-state index in [0.717, 1.165) is 37.0 Å².